The molecule has 0 N–H and O–H groups in total. The lowest BCUT2D eigenvalue weighted by atomic mass is 10.2. The van der Waals surface area contributed by atoms with Gasteiger partial charge >= 0.3 is 0 Å². The molecular weight excluding hydrogens is 252 g/mol. The molecule has 6 nitrogen and oxygen atoms in total. The van der Waals surface area contributed by atoms with Crippen molar-refractivity contribution in [2.24, 2.45) is 0 Å². The van der Waals surface area contributed by atoms with Crippen LogP contribution in [0.5, 0.6) is 0 Å². The van der Waals surface area contributed by atoms with E-state index in [-0.39, 0.29) is 0 Å². The first kappa shape index (κ1) is 12.8. The van der Waals surface area contributed by atoms with Gasteiger partial charge < -0.3 is 9.80 Å². The van der Waals surface area contributed by atoms with E-state index in [4.69, 9.17) is 0 Å². The average molecular weight is 270 g/mol. The number of hydrogen-bond acceptors (Lipinski definition) is 6. The summed E-state index contributed by atoms with van der Waals surface area (Å²) in [5.74, 6) is 1.91. The number of aromatic nitrogens is 4. The van der Waals surface area contributed by atoms with Crippen LogP contribution in [-0.2, 0) is 0 Å². The molecule has 0 atom stereocenters. The molecule has 2 aromatic heterocycles. The summed E-state index contributed by atoms with van der Waals surface area (Å²) in [6, 6.07) is 2.11. The molecule has 3 heterocycles. The fourth-order valence-corrected chi connectivity index (χ4v) is 2.31. The van der Waals surface area contributed by atoms with Crippen LogP contribution in [0.1, 0.15) is 11.3 Å². The molecule has 0 radical (unpaired) electrons. The van der Waals surface area contributed by atoms with Crippen molar-refractivity contribution in [2.45, 2.75) is 13.8 Å². The lowest BCUT2D eigenvalue weighted by Crippen LogP contribution is -2.47. The maximum atomic E-state index is 4.34. The van der Waals surface area contributed by atoms with E-state index in [1.54, 1.807) is 12.4 Å². The quantitative estimate of drug-likeness (QED) is 0.817. The number of rotatable bonds is 2. The molecule has 0 aliphatic carbocycles. The Morgan fingerprint density at radius 1 is 0.900 bits per heavy atom. The molecule has 3 rings (SSSR count). The molecule has 0 spiro atoms. The average Bonchev–Trinajstić information content (AvgIpc) is 2.51. The van der Waals surface area contributed by atoms with Gasteiger partial charge in [-0.1, -0.05) is 0 Å². The van der Waals surface area contributed by atoms with Crippen molar-refractivity contribution in [3.05, 3.63) is 35.9 Å². The van der Waals surface area contributed by atoms with Crippen LogP contribution in [0, 0.1) is 13.8 Å². The van der Waals surface area contributed by atoms with Gasteiger partial charge in [-0.3, -0.25) is 4.98 Å². The Morgan fingerprint density at radius 2 is 1.60 bits per heavy atom. The maximum Gasteiger partial charge on any atom is 0.151 e. The Balaban J connectivity index is 1.68. The lowest BCUT2D eigenvalue weighted by Gasteiger charge is -2.35. The van der Waals surface area contributed by atoms with Crippen molar-refractivity contribution >= 4 is 11.6 Å². The number of piperazine rings is 1. The van der Waals surface area contributed by atoms with Crippen LogP contribution < -0.4 is 9.80 Å². The molecule has 0 amide bonds. The molecule has 0 saturated carbocycles. The highest BCUT2D eigenvalue weighted by Crippen LogP contribution is 2.17. The number of hydrogen-bond donors (Lipinski definition) is 0. The van der Waals surface area contributed by atoms with Crippen molar-refractivity contribution in [2.75, 3.05) is 36.0 Å². The number of aryl methyl sites for hydroxylation is 2. The fraction of sp³-hybridized carbons (Fsp3) is 0.429. The second-order valence-electron chi connectivity index (χ2n) is 5.01. The third-order valence-electron chi connectivity index (χ3n) is 3.70. The maximum absolute atomic E-state index is 4.34. The van der Waals surface area contributed by atoms with Crippen molar-refractivity contribution in [1.82, 2.24) is 20.2 Å². The van der Waals surface area contributed by atoms with Crippen LogP contribution in [-0.4, -0.2) is 46.3 Å². The largest absolute Gasteiger partial charge is 0.352 e. The first-order valence-corrected chi connectivity index (χ1v) is 6.81. The fourth-order valence-electron chi connectivity index (χ4n) is 2.31. The zero-order chi connectivity index (χ0) is 13.9. The summed E-state index contributed by atoms with van der Waals surface area (Å²) in [4.78, 5) is 13.0. The molecule has 104 valence electrons. The lowest BCUT2D eigenvalue weighted by molar-refractivity contribution is 0.636. The zero-order valence-electron chi connectivity index (χ0n) is 11.8. The van der Waals surface area contributed by atoms with E-state index in [2.05, 4.69) is 43.0 Å². The van der Waals surface area contributed by atoms with Crippen LogP contribution in [0.2, 0.25) is 0 Å². The first-order valence-electron chi connectivity index (χ1n) is 6.81. The molecule has 1 aliphatic heterocycles. The minimum atomic E-state index is 0.924. The van der Waals surface area contributed by atoms with E-state index in [0.29, 0.717) is 0 Å². The highest BCUT2D eigenvalue weighted by atomic mass is 15.3. The molecule has 1 saturated heterocycles. The topological polar surface area (TPSA) is 58.0 Å². The SMILES string of the molecule is Cc1cc(N2CCN(c3cnccn3)CC2)nnc1C. The summed E-state index contributed by atoms with van der Waals surface area (Å²) in [5.41, 5.74) is 2.18. The van der Waals surface area contributed by atoms with E-state index in [9.17, 15) is 0 Å². The Hall–Kier alpha value is -2.24. The van der Waals surface area contributed by atoms with Crippen LogP contribution in [0.15, 0.2) is 24.7 Å². The second-order valence-corrected chi connectivity index (χ2v) is 5.01. The van der Waals surface area contributed by atoms with Gasteiger partial charge in [0.15, 0.2) is 5.82 Å². The van der Waals surface area contributed by atoms with Gasteiger partial charge in [0, 0.05) is 38.6 Å². The van der Waals surface area contributed by atoms with E-state index < -0.39 is 0 Å². The van der Waals surface area contributed by atoms with Crippen LogP contribution in [0.3, 0.4) is 0 Å². The van der Waals surface area contributed by atoms with Crippen LogP contribution in [0.4, 0.5) is 11.6 Å². The minimum Gasteiger partial charge on any atom is -0.352 e. The molecule has 1 aliphatic rings. The van der Waals surface area contributed by atoms with Gasteiger partial charge in [-0.15, -0.1) is 5.10 Å². The summed E-state index contributed by atoms with van der Waals surface area (Å²) in [6.45, 7) is 7.75. The summed E-state index contributed by atoms with van der Waals surface area (Å²) in [7, 11) is 0. The Bertz CT molecular complexity index is 577. The highest BCUT2D eigenvalue weighted by molar-refractivity contribution is 5.44. The molecule has 0 bridgehead atoms. The summed E-state index contributed by atoms with van der Waals surface area (Å²) in [5, 5.41) is 8.49. The van der Waals surface area contributed by atoms with Crippen molar-refractivity contribution < 1.29 is 0 Å². The third-order valence-corrected chi connectivity index (χ3v) is 3.70. The van der Waals surface area contributed by atoms with Crippen molar-refractivity contribution in [3.63, 3.8) is 0 Å². The molecular formula is C14H18N6. The van der Waals surface area contributed by atoms with Gasteiger partial charge in [0.25, 0.3) is 0 Å². The Kier molecular flexibility index (Phi) is 3.45. The summed E-state index contributed by atoms with van der Waals surface area (Å²) < 4.78 is 0. The smallest absolute Gasteiger partial charge is 0.151 e. The standard InChI is InChI=1S/C14H18N6/c1-11-9-13(18-17-12(11)2)19-5-7-20(8-6-19)14-10-15-3-4-16-14/h3-4,9-10H,5-8H2,1-2H3. The van der Waals surface area contributed by atoms with E-state index in [1.165, 1.54) is 5.56 Å². The van der Waals surface area contributed by atoms with Crippen molar-refractivity contribution in [3.8, 4) is 0 Å². The zero-order valence-corrected chi connectivity index (χ0v) is 11.8. The van der Waals surface area contributed by atoms with Gasteiger partial charge in [-0.2, -0.15) is 5.10 Å². The van der Waals surface area contributed by atoms with E-state index in [0.717, 1.165) is 43.5 Å². The van der Waals surface area contributed by atoms with Crippen LogP contribution in [0.25, 0.3) is 0 Å². The van der Waals surface area contributed by atoms with Gasteiger partial charge in [0.05, 0.1) is 11.9 Å². The highest BCUT2D eigenvalue weighted by Gasteiger charge is 2.19. The Labute approximate surface area is 118 Å². The van der Waals surface area contributed by atoms with Crippen molar-refractivity contribution in [1.29, 1.82) is 0 Å². The molecule has 1 fully saturated rings. The van der Waals surface area contributed by atoms with E-state index in [1.807, 2.05) is 13.1 Å². The Morgan fingerprint density at radius 3 is 2.20 bits per heavy atom. The third kappa shape index (κ3) is 2.54. The van der Waals surface area contributed by atoms with E-state index >= 15 is 0 Å². The second kappa shape index (κ2) is 5.40. The van der Waals surface area contributed by atoms with Crippen LogP contribution >= 0.6 is 0 Å². The number of nitrogens with zero attached hydrogens (tertiary/aromatic N) is 6. The first-order chi connectivity index (χ1) is 9.74. The van der Waals surface area contributed by atoms with Gasteiger partial charge in [0.1, 0.15) is 5.82 Å². The predicted octanol–water partition coefficient (Wildman–Crippen LogP) is 1.21. The number of anilines is 2. The molecule has 0 aromatic carbocycles. The molecule has 6 heteroatoms. The monoisotopic (exact) mass is 270 g/mol. The molecule has 2 aromatic rings. The minimum absolute atomic E-state index is 0.924. The normalized spacial score (nSPS) is 15.5. The van der Waals surface area contributed by atoms with Gasteiger partial charge in [0.2, 0.25) is 0 Å². The molecule has 20 heavy (non-hydrogen) atoms. The summed E-state index contributed by atoms with van der Waals surface area (Å²) >= 11 is 0. The predicted molar refractivity (Wildman–Crippen MR) is 78.0 cm³/mol. The van der Waals surface area contributed by atoms with Gasteiger partial charge in [-0.05, 0) is 25.5 Å². The van der Waals surface area contributed by atoms with Gasteiger partial charge in [-0.25, -0.2) is 4.98 Å². The molecule has 0 unspecified atom stereocenters. The summed E-state index contributed by atoms with van der Waals surface area (Å²) in [6.07, 6.45) is 5.24.